The van der Waals surface area contributed by atoms with Crippen LogP contribution >= 0.6 is 0 Å². The molecule has 2 aromatic carbocycles. The van der Waals surface area contributed by atoms with Crippen molar-refractivity contribution in [3.05, 3.63) is 59.7 Å². The summed E-state index contributed by atoms with van der Waals surface area (Å²) in [5.41, 5.74) is 1.85. The Morgan fingerprint density at radius 3 is 2.65 bits per heavy atom. The highest BCUT2D eigenvalue weighted by Gasteiger charge is 2.24. The first-order chi connectivity index (χ1) is 12.5. The number of methoxy groups -OCH3 is 1. The molecule has 0 spiro atoms. The van der Waals surface area contributed by atoms with Crippen LogP contribution in [0.15, 0.2) is 53.4 Å². The van der Waals surface area contributed by atoms with E-state index in [9.17, 15) is 13.2 Å². The topological polar surface area (TPSA) is 84.5 Å². The second-order valence-corrected chi connectivity index (χ2v) is 8.18. The first-order valence-electron chi connectivity index (χ1n) is 8.47. The standard InChI is InChI=1S/C19H22N2O4S/c1-25-13-15-4-2-6-17(10-15)21-19(22)16-5-3-7-18(11-16)26(23,24)20-12-14-8-9-14/h2-7,10-11,14,20H,8-9,12-13H2,1H3,(H,21,22). The van der Waals surface area contributed by atoms with E-state index in [1.807, 2.05) is 18.2 Å². The Kier molecular flexibility index (Phi) is 5.70. The van der Waals surface area contributed by atoms with Gasteiger partial charge in [0.2, 0.25) is 10.0 Å². The van der Waals surface area contributed by atoms with Gasteiger partial charge < -0.3 is 10.1 Å². The third kappa shape index (κ3) is 4.91. The Hall–Kier alpha value is -2.22. The van der Waals surface area contributed by atoms with E-state index < -0.39 is 10.0 Å². The van der Waals surface area contributed by atoms with Gasteiger partial charge in [-0.15, -0.1) is 0 Å². The van der Waals surface area contributed by atoms with Crippen molar-refractivity contribution in [3.63, 3.8) is 0 Å². The lowest BCUT2D eigenvalue weighted by Gasteiger charge is -2.09. The molecule has 0 bridgehead atoms. The van der Waals surface area contributed by atoms with Crippen LogP contribution in [0.25, 0.3) is 0 Å². The van der Waals surface area contributed by atoms with Crippen LogP contribution in [0.4, 0.5) is 5.69 Å². The van der Waals surface area contributed by atoms with Gasteiger partial charge in [0.05, 0.1) is 11.5 Å². The maximum atomic E-state index is 12.5. The highest BCUT2D eigenvalue weighted by molar-refractivity contribution is 7.89. The van der Waals surface area contributed by atoms with Gasteiger partial charge >= 0.3 is 0 Å². The summed E-state index contributed by atoms with van der Waals surface area (Å²) >= 11 is 0. The molecule has 1 saturated carbocycles. The summed E-state index contributed by atoms with van der Waals surface area (Å²) in [7, 11) is -2.00. The van der Waals surface area contributed by atoms with Crippen molar-refractivity contribution >= 4 is 21.6 Å². The van der Waals surface area contributed by atoms with Crippen molar-refractivity contribution in [2.24, 2.45) is 5.92 Å². The van der Waals surface area contributed by atoms with Gasteiger partial charge in [-0.25, -0.2) is 13.1 Å². The molecule has 0 aliphatic heterocycles. The van der Waals surface area contributed by atoms with Crippen LogP contribution in [0, 0.1) is 5.92 Å². The molecule has 1 fully saturated rings. The summed E-state index contributed by atoms with van der Waals surface area (Å²) in [5, 5.41) is 2.79. The van der Waals surface area contributed by atoms with Crippen LogP contribution in [0.5, 0.6) is 0 Å². The van der Waals surface area contributed by atoms with Gasteiger partial charge in [0.1, 0.15) is 0 Å². The Morgan fingerprint density at radius 2 is 1.92 bits per heavy atom. The lowest BCUT2D eigenvalue weighted by molar-refractivity contribution is 0.102. The molecule has 0 radical (unpaired) electrons. The highest BCUT2D eigenvalue weighted by Crippen LogP contribution is 2.28. The van der Waals surface area contributed by atoms with Crippen LogP contribution < -0.4 is 10.0 Å². The van der Waals surface area contributed by atoms with Crippen molar-refractivity contribution < 1.29 is 17.9 Å². The number of carbonyl (C=O) groups excluding carboxylic acids is 1. The van der Waals surface area contributed by atoms with E-state index in [2.05, 4.69) is 10.0 Å². The monoisotopic (exact) mass is 374 g/mol. The zero-order valence-corrected chi connectivity index (χ0v) is 15.4. The summed E-state index contributed by atoms with van der Waals surface area (Å²) in [6.45, 7) is 0.898. The lowest BCUT2D eigenvalue weighted by atomic mass is 10.2. The van der Waals surface area contributed by atoms with Gasteiger partial charge in [0, 0.05) is 24.9 Å². The van der Waals surface area contributed by atoms with E-state index in [0.717, 1.165) is 18.4 Å². The molecule has 7 heteroatoms. The van der Waals surface area contributed by atoms with E-state index in [4.69, 9.17) is 4.74 Å². The molecule has 0 saturated heterocycles. The predicted octanol–water partition coefficient (Wildman–Crippen LogP) is 2.77. The third-order valence-electron chi connectivity index (χ3n) is 4.16. The zero-order chi connectivity index (χ0) is 18.6. The van der Waals surface area contributed by atoms with E-state index in [0.29, 0.717) is 24.8 Å². The molecule has 2 aromatic rings. The average molecular weight is 374 g/mol. The SMILES string of the molecule is COCc1cccc(NC(=O)c2cccc(S(=O)(=O)NCC3CC3)c2)c1. The fourth-order valence-electron chi connectivity index (χ4n) is 2.55. The van der Waals surface area contributed by atoms with E-state index in [-0.39, 0.29) is 16.4 Å². The number of ether oxygens (including phenoxy) is 1. The van der Waals surface area contributed by atoms with E-state index in [1.54, 1.807) is 25.3 Å². The average Bonchev–Trinajstić information content (AvgIpc) is 3.45. The van der Waals surface area contributed by atoms with Crippen LogP contribution in [-0.2, 0) is 21.4 Å². The molecule has 6 nitrogen and oxygen atoms in total. The van der Waals surface area contributed by atoms with Crippen molar-refractivity contribution in [1.82, 2.24) is 4.72 Å². The van der Waals surface area contributed by atoms with Crippen LogP contribution in [-0.4, -0.2) is 28.0 Å². The molecule has 0 atom stereocenters. The molecule has 1 aliphatic rings. The molecule has 2 N–H and O–H groups in total. The van der Waals surface area contributed by atoms with Gasteiger partial charge in [-0.1, -0.05) is 18.2 Å². The number of hydrogen-bond acceptors (Lipinski definition) is 4. The van der Waals surface area contributed by atoms with Crippen molar-refractivity contribution in [2.75, 3.05) is 19.0 Å². The van der Waals surface area contributed by atoms with Gasteiger partial charge in [-0.2, -0.15) is 0 Å². The van der Waals surface area contributed by atoms with Gasteiger partial charge in [0.25, 0.3) is 5.91 Å². The molecule has 1 amide bonds. The summed E-state index contributed by atoms with van der Waals surface area (Å²) in [6.07, 6.45) is 2.13. The van der Waals surface area contributed by atoms with Gasteiger partial charge in [-0.05, 0) is 54.7 Å². The van der Waals surface area contributed by atoms with Crippen molar-refractivity contribution in [1.29, 1.82) is 0 Å². The van der Waals surface area contributed by atoms with E-state index in [1.165, 1.54) is 12.1 Å². The second kappa shape index (κ2) is 7.99. The number of amides is 1. The predicted molar refractivity (Wildman–Crippen MR) is 99.5 cm³/mol. The first kappa shape index (κ1) is 18.6. The molecule has 138 valence electrons. The molecule has 0 unspecified atom stereocenters. The Balaban J connectivity index is 1.72. The van der Waals surface area contributed by atoms with Gasteiger partial charge in [-0.3, -0.25) is 4.79 Å². The fourth-order valence-corrected chi connectivity index (χ4v) is 3.71. The maximum absolute atomic E-state index is 12.5. The van der Waals surface area contributed by atoms with Crippen LogP contribution in [0.2, 0.25) is 0 Å². The molecular formula is C19H22N2O4S. The minimum atomic E-state index is -3.60. The van der Waals surface area contributed by atoms with E-state index >= 15 is 0 Å². The number of carbonyl (C=O) groups is 1. The number of hydrogen-bond donors (Lipinski definition) is 2. The Labute approximate surface area is 153 Å². The number of nitrogens with one attached hydrogen (secondary N) is 2. The lowest BCUT2D eigenvalue weighted by Crippen LogP contribution is -2.26. The highest BCUT2D eigenvalue weighted by atomic mass is 32.2. The number of rotatable bonds is 8. The quantitative estimate of drug-likeness (QED) is 0.744. The van der Waals surface area contributed by atoms with Crippen molar-refractivity contribution in [2.45, 2.75) is 24.3 Å². The summed E-state index contributed by atoms with van der Waals surface area (Å²) in [5.74, 6) is 0.0782. The Bertz CT molecular complexity index is 892. The minimum Gasteiger partial charge on any atom is -0.380 e. The molecule has 0 heterocycles. The smallest absolute Gasteiger partial charge is 0.255 e. The fraction of sp³-hybridized carbons (Fsp3) is 0.316. The minimum absolute atomic E-state index is 0.0962. The van der Waals surface area contributed by atoms with Crippen LogP contribution in [0.1, 0.15) is 28.8 Å². The molecule has 1 aliphatic carbocycles. The van der Waals surface area contributed by atoms with Crippen molar-refractivity contribution in [3.8, 4) is 0 Å². The largest absolute Gasteiger partial charge is 0.380 e. The normalized spacial score (nSPS) is 14.2. The summed E-state index contributed by atoms with van der Waals surface area (Å²) < 4.78 is 32.4. The maximum Gasteiger partial charge on any atom is 0.255 e. The molecular weight excluding hydrogens is 352 g/mol. The summed E-state index contributed by atoms with van der Waals surface area (Å²) in [4.78, 5) is 12.6. The second-order valence-electron chi connectivity index (χ2n) is 6.41. The number of sulfonamides is 1. The first-order valence-corrected chi connectivity index (χ1v) is 9.95. The summed E-state index contributed by atoms with van der Waals surface area (Å²) in [6, 6.07) is 13.4. The molecule has 26 heavy (non-hydrogen) atoms. The van der Waals surface area contributed by atoms with Crippen LogP contribution in [0.3, 0.4) is 0 Å². The molecule has 3 rings (SSSR count). The number of anilines is 1. The Morgan fingerprint density at radius 1 is 1.15 bits per heavy atom. The number of benzene rings is 2. The third-order valence-corrected chi connectivity index (χ3v) is 5.58. The van der Waals surface area contributed by atoms with Gasteiger partial charge in [0.15, 0.2) is 0 Å². The molecule has 0 aromatic heterocycles. The zero-order valence-electron chi connectivity index (χ0n) is 14.6.